The van der Waals surface area contributed by atoms with Crippen LogP contribution in [0.15, 0.2) is 119 Å². The van der Waals surface area contributed by atoms with Crippen molar-refractivity contribution in [1.29, 1.82) is 0 Å². The zero-order chi connectivity index (χ0) is 25.1. The molecule has 8 rings (SSSR count). The van der Waals surface area contributed by atoms with Crippen LogP contribution in [0.1, 0.15) is 0 Å². The first-order chi connectivity index (χ1) is 18.8. The number of aromatic nitrogens is 4. The highest BCUT2D eigenvalue weighted by Crippen LogP contribution is 2.34. The largest absolute Gasteiger partial charge is 0.454 e. The molecule has 0 aliphatic heterocycles. The highest BCUT2D eigenvalue weighted by atomic mass is 16.3. The SMILES string of the molecule is c1cnc2c(c1)oc1ccc(-c3ccnc(-c4cc(-c5ccc6oc7cccnc7c6c5)ccn4)c3)cc12. The van der Waals surface area contributed by atoms with Gasteiger partial charge in [-0.05, 0) is 95.1 Å². The molecule has 0 unspecified atom stereocenters. The molecular formula is C32H18N4O2. The summed E-state index contributed by atoms with van der Waals surface area (Å²) < 4.78 is 11.9. The molecule has 0 amide bonds. The first-order valence-electron chi connectivity index (χ1n) is 12.3. The molecule has 0 fully saturated rings. The van der Waals surface area contributed by atoms with Crippen LogP contribution in [-0.4, -0.2) is 19.9 Å². The van der Waals surface area contributed by atoms with Crippen molar-refractivity contribution in [3.8, 4) is 33.6 Å². The second kappa shape index (κ2) is 8.08. The topological polar surface area (TPSA) is 77.8 Å². The molecule has 0 radical (unpaired) electrons. The Balaban J connectivity index is 1.20. The molecule has 0 spiro atoms. The van der Waals surface area contributed by atoms with Gasteiger partial charge in [-0.1, -0.05) is 12.1 Å². The van der Waals surface area contributed by atoms with Crippen LogP contribution < -0.4 is 0 Å². The monoisotopic (exact) mass is 490 g/mol. The maximum atomic E-state index is 5.94. The smallest absolute Gasteiger partial charge is 0.153 e. The fourth-order valence-corrected chi connectivity index (χ4v) is 5.05. The van der Waals surface area contributed by atoms with Gasteiger partial charge >= 0.3 is 0 Å². The second-order valence-corrected chi connectivity index (χ2v) is 9.19. The number of pyridine rings is 4. The number of furan rings is 2. The van der Waals surface area contributed by atoms with Crippen LogP contribution in [0.4, 0.5) is 0 Å². The van der Waals surface area contributed by atoms with Crippen LogP contribution in [-0.2, 0) is 0 Å². The van der Waals surface area contributed by atoms with Gasteiger partial charge in [0.2, 0.25) is 0 Å². The molecule has 0 saturated heterocycles. The van der Waals surface area contributed by atoms with Gasteiger partial charge in [-0.3, -0.25) is 19.9 Å². The summed E-state index contributed by atoms with van der Waals surface area (Å²) in [4.78, 5) is 18.3. The van der Waals surface area contributed by atoms with Gasteiger partial charge in [0.25, 0.3) is 0 Å². The lowest BCUT2D eigenvalue weighted by Gasteiger charge is -2.07. The molecule has 6 nitrogen and oxygen atoms in total. The number of nitrogens with zero attached hydrogens (tertiary/aromatic N) is 4. The maximum absolute atomic E-state index is 5.94. The van der Waals surface area contributed by atoms with Gasteiger partial charge in [-0.25, -0.2) is 0 Å². The molecule has 178 valence electrons. The highest BCUT2D eigenvalue weighted by Gasteiger charge is 2.12. The highest BCUT2D eigenvalue weighted by molar-refractivity contribution is 6.05. The van der Waals surface area contributed by atoms with Crippen molar-refractivity contribution >= 4 is 44.1 Å². The van der Waals surface area contributed by atoms with Gasteiger partial charge in [0.15, 0.2) is 11.2 Å². The third-order valence-corrected chi connectivity index (χ3v) is 6.90. The Morgan fingerprint density at radius 1 is 0.395 bits per heavy atom. The summed E-state index contributed by atoms with van der Waals surface area (Å²) in [6, 6.07) is 28.2. The summed E-state index contributed by atoms with van der Waals surface area (Å²) in [6.45, 7) is 0. The van der Waals surface area contributed by atoms with Crippen molar-refractivity contribution in [3.05, 3.63) is 110 Å². The van der Waals surface area contributed by atoms with Crippen molar-refractivity contribution in [1.82, 2.24) is 19.9 Å². The normalized spacial score (nSPS) is 11.7. The fourth-order valence-electron chi connectivity index (χ4n) is 5.05. The van der Waals surface area contributed by atoms with Crippen molar-refractivity contribution in [2.45, 2.75) is 0 Å². The Morgan fingerprint density at radius 2 is 0.868 bits per heavy atom. The Labute approximate surface area is 216 Å². The Morgan fingerprint density at radius 3 is 1.37 bits per heavy atom. The average Bonchev–Trinajstić information content (AvgIpc) is 3.55. The quantitative estimate of drug-likeness (QED) is 0.249. The van der Waals surface area contributed by atoms with Crippen LogP contribution in [0.3, 0.4) is 0 Å². The minimum atomic E-state index is 0.786. The molecule has 6 aromatic heterocycles. The third-order valence-electron chi connectivity index (χ3n) is 6.90. The van der Waals surface area contributed by atoms with E-state index in [1.807, 2.05) is 60.9 Å². The van der Waals surface area contributed by atoms with E-state index in [9.17, 15) is 0 Å². The molecule has 2 aromatic carbocycles. The molecule has 0 bridgehead atoms. The Bertz CT molecular complexity index is 2000. The standard InChI is InChI=1S/C32H18N4O2/c1-3-29-31(35-11-1)23-15-19(5-7-27(23)37-29)21-9-13-33-25(17-21)26-18-22(10-14-34-26)20-6-8-28-24(16-20)32-30(38-28)4-2-12-36-32/h1-18H. The van der Waals surface area contributed by atoms with E-state index >= 15 is 0 Å². The summed E-state index contributed by atoms with van der Waals surface area (Å²) in [5.41, 5.74) is 10.8. The summed E-state index contributed by atoms with van der Waals surface area (Å²) in [5, 5.41) is 1.99. The summed E-state index contributed by atoms with van der Waals surface area (Å²) >= 11 is 0. The van der Waals surface area contributed by atoms with E-state index in [1.54, 1.807) is 12.4 Å². The minimum Gasteiger partial charge on any atom is -0.454 e. The molecule has 0 saturated carbocycles. The first kappa shape index (κ1) is 20.8. The predicted octanol–water partition coefficient (Wildman–Crippen LogP) is 8.07. The van der Waals surface area contributed by atoms with Crippen LogP contribution in [0.25, 0.3) is 77.8 Å². The lowest BCUT2D eigenvalue weighted by atomic mass is 10.0. The van der Waals surface area contributed by atoms with E-state index < -0.39 is 0 Å². The molecule has 38 heavy (non-hydrogen) atoms. The Kier molecular flexibility index (Phi) is 4.42. The summed E-state index contributed by atoms with van der Waals surface area (Å²) in [6.07, 6.45) is 7.22. The van der Waals surface area contributed by atoms with Gasteiger partial charge < -0.3 is 8.83 Å². The van der Waals surface area contributed by atoms with Crippen LogP contribution in [0, 0.1) is 0 Å². The number of rotatable bonds is 3. The second-order valence-electron chi connectivity index (χ2n) is 9.19. The van der Waals surface area contributed by atoms with Gasteiger partial charge in [-0.15, -0.1) is 0 Å². The van der Waals surface area contributed by atoms with Crippen LogP contribution >= 0.6 is 0 Å². The lowest BCUT2D eigenvalue weighted by Crippen LogP contribution is -1.90. The third kappa shape index (κ3) is 3.28. The van der Waals surface area contributed by atoms with Gasteiger partial charge in [0, 0.05) is 35.6 Å². The van der Waals surface area contributed by atoms with E-state index in [1.165, 1.54) is 0 Å². The van der Waals surface area contributed by atoms with E-state index in [4.69, 9.17) is 8.83 Å². The molecule has 6 heteroatoms. The molecule has 0 aliphatic carbocycles. The number of hydrogen-bond acceptors (Lipinski definition) is 6. The lowest BCUT2D eigenvalue weighted by molar-refractivity contribution is 0.668. The van der Waals surface area contributed by atoms with E-state index in [2.05, 4.69) is 56.3 Å². The van der Waals surface area contributed by atoms with Gasteiger partial charge in [0.05, 0.1) is 11.4 Å². The molecule has 0 aliphatic rings. The maximum Gasteiger partial charge on any atom is 0.153 e. The number of fused-ring (bicyclic) bond motifs is 6. The van der Waals surface area contributed by atoms with Crippen molar-refractivity contribution < 1.29 is 8.83 Å². The number of benzene rings is 2. The van der Waals surface area contributed by atoms with Crippen LogP contribution in [0.2, 0.25) is 0 Å². The minimum absolute atomic E-state index is 0.786. The van der Waals surface area contributed by atoms with Crippen molar-refractivity contribution in [3.63, 3.8) is 0 Å². The molecule has 0 N–H and O–H groups in total. The number of hydrogen-bond donors (Lipinski definition) is 0. The summed E-state index contributed by atoms with van der Waals surface area (Å²) in [5.74, 6) is 0. The predicted molar refractivity (Wildman–Crippen MR) is 148 cm³/mol. The van der Waals surface area contributed by atoms with Gasteiger partial charge in [-0.2, -0.15) is 0 Å². The Hall–Kier alpha value is -5.36. The average molecular weight is 491 g/mol. The van der Waals surface area contributed by atoms with Crippen molar-refractivity contribution in [2.75, 3.05) is 0 Å². The molecule has 0 atom stereocenters. The first-order valence-corrected chi connectivity index (χ1v) is 12.3. The molecular weight excluding hydrogens is 472 g/mol. The van der Waals surface area contributed by atoms with Crippen molar-refractivity contribution in [2.24, 2.45) is 0 Å². The van der Waals surface area contributed by atoms with E-state index in [0.29, 0.717) is 0 Å². The van der Waals surface area contributed by atoms with E-state index in [-0.39, 0.29) is 0 Å². The zero-order valence-electron chi connectivity index (χ0n) is 20.0. The molecule has 6 heterocycles. The molecule has 8 aromatic rings. The fraction of sp³-hybridized carbons (Fsp3) is 0. The van der Waals surface area contributed by atoms with E-state index in [0.717, 1.165) is 77.8 Å². The summed E-state index contributed by atoms with van der Waals surface area (Å²) in [7, 11) is 0. The van der Waals surface area contributed by atoms with Crippen LogP contribution in [0.5, 0.6) is 0 Å². The zero-order valence-corrected chi connectivity index (χ0v) is 20.0. The van der Waals surface area contributed by atoms with Gasteiger partial charge in [0.1, 0.15) is 22.2 Å².